The Balaban J connectivity index is 1.11. The molecule has 5 aromatic rings. The minimum Gasteiger partial charge on any atom is -0.507 e. The predicted octanol–water partition coefficient (Wildman–Crippen LogP) is 9.14. The molecule has 5 nitrogen and oxygen atoms in total. The Labute approximate surface area is 310 Å². The summed E-state index contributed by atoms with van der Waals surface area (Å²) in [7, 11) is 3.44. The molecule has 50 heavy (non-hydrogen) atoms. The lowest BCUT2D eigenvalue weighted by atomic mass is 9.97. The van der Waals surface area contributed by atoms with Crippen LogP contribution in [0.5, 0.6) is 5.75 Å². The maximum absolute atomic E-state index is 11.9. The third-order valence-electron chi connectivity index (χ3n) is 10.5. The summed E-state index contributed by atoms with van der Waals surface area (Å²) in [5.74, 6) is 0.453. The maximum Gasteiger partial charge on any atom is 0.124 e. The SMILES string of the molecule is Cc1ccc(-c2c(-c3cc(CN4CCN(Cc5ccccc5C)CC4)c(O)c(CN4CCN(Cc5ccccc5C)CC4)c3)ssc2=S)cc1. The molecule has 0 aliphatic carbocycles. The molecule has 7 rings (SSSR count). The number of hydrogen-bond acceptors (Lipinski definition) is 8. The van der Waals surface area contributed by atoms with E-state index in [0.29, 0.717) is 5.75 Å². The smallest absolute Gasteiger partial charge is 0.124 e. The molecule has 0 radical (unpaired) electrons. The van der Waals surface area contributed by atoms with Crippen molar-refractivity contribution in [3.05, 3.63) is 128 Å². The van der Waals surface area contributed by atoms with Crippen LogP contribution in [0.3, 0.4) is 0 Å². The summed E-state index contributed by atoms with van der Waals surface area (Å²) in [5, 5.41) is 11.9. The van der Waals surface area contributed by atoms with Crippen molar-refractivity contribution in [2.45, 2.75) is 47.0 Å². The molecule has 4 aromatic carbocycles. The molecule has 0 atom stereocenters. The van der Waals surface area contributed by atoms with Gasteiger partial charge in [0.25, 0.3) is 0 Å². The third-order valence-corrected chi connectivity index (χ3v) is 13.6. The Kier molecular flexibility index (Phi) is 11.3. The van der Waals surface area contributed by atoms with Crippen molar-refractivity contribution in [2.24, 2.45) is 0 Å². The number of hydrogen-bond donors (Lipinski definition) is 1. The van der Waals surface area contributed by atoms with E-state index in [9.17, 15) is 5.11 Å². The fraction of sp³-hybridized carbons (Fsp3) is 0.357. The van der Waals surface area contributed by atoms with Crippen LogP contribution in [0.4, 0.5) is 0 Å². The number of phenols is 1. The summed E-state index contributed by atoms with van der Waals surface area (Å²) >= 11 is 5.93. The van der Waals surface area contributed by atoms with E-state index in [1.54, 1.807) is 20.7 Å². The molecule has 2 aliphatic heterocycles. The van der Waals surface area contributed by atoms with Crippen molar-refractivity contribution in [2.75, 3.05) is 52.4 Å². The van der Waals surface area contributed by atoms with Crippen LogP contribution in [0.15, 0.2) is 84.9 Å². The van der Waals surface area contributed by atoms with Crippen LogP contribution in [0, 0.1) is 24.6 Å². The van der Waals surface area contributed by atoms with E-state index >= 15 is 0 Å². The average Bonchev–Trinajstić information content (AvgIpc) is 3.51. The van der Waals surface area contributed by atoms with Crippen LogP contribution in [0.2, 0.25) is 0 Å². The molecule has 0 amide bonds. The lowest BCUT2D eigenvalue weighted by Gasteiger charge is -2.36. The zero-order chi connectivity index (χ0) is 34.6. The highest BCUT2D eigenvalue weighted by Gasteiger charge is 2.24. The Bertz CT molecular complexity index is 1880. The van der Waals surface area contributed by atoms with Crippen LogP contribution >= 0.6 is 32.9 Å². The molecular weight excluding hydrogens is 673 g/mol. The number of benzene rings is 4. The Hall–Kier alpha value is -3.21. The summed E-state index contributed by atoms with van der Waals surface area (Å²) in [5.41, 5.74) is 12.3. The summed E-state index contributed by atoms with van der Waals surface area (Å²) in [4.78, 5) is 11.4. The van der Waals surface area contributed by atoms with Gasteiger partial charge < -0.3 is 5.11 Å². The molecule has 0 unspecified atom stereocenters. The molecule has 2 saturated heterocycles. The summed E-state index contributed by atoms with van der Waals surface area (Å²) in [6, 6.07) is 30.6. The number of phenolic OH excluding ortho intramolecular Hbond substituents is 1. The number of rotatable bonds is 10. The van der Waals surface area contributed by atoms with E-state index in [-0.39, 0.29) is 0 Å². The topological polar surface area (TPSA) is 33.2 Å². The van der Waals surface area contributed by atoms with Gasteiger partial charge in [0.05, 0.1) is 4.88 Å². The fourth-order valence-electron chi connectivity index (χ4n) is 7.30. The Morgan fingerprint density at radius 3 is 1.40 bits per heavy atom. The summed E-state index contributed by atoms with van der Waals surface area (Å²) in [6.45, 7) is 18.1. The number of piperazine rings is 2. The Morgan fingerprint density at radius 2 is 0.960 bits per heavy atom. The van der Waals surface area contributed by atoms with E-state index in [4.69, 9.17) is 12.2 Å². The van der Waals surface area contributed by atoms with Crippen LogP contribution in [0.1, 0.15) is 38.9 Å². The molecule has 0 spiro atoms. The molecular formula is C42H48N4OS3. The molecule has 3 heterocycles. The van der Waals surface area contributed by atoms with Gasteiger partial charge in [-0.25, -0.2) is 0 Å². The fourth-order valence-corrected chi connectivity index (χ4v) is 10.2. The quantitative estimate of drug-likeness (QED) is 0.115. The first-order valence-corrected chi connectivity index (χ1v) is 20.4. The van der Waals surface area contributed by atoms with Crippen molar-refractivity contribution >= 4 is 32.9 Å². The van der Waals surface area contributed by atoms with E-state index in [2.05, 4.69) is 125 Å². The van der Waals surface area contributed by atoms with E-state index in [1.165, 1.54) is 38.3 Å². The highest BCUT2D eigenvalue weighted by molar-refractivity contribution is 7.80. The lowest BCUT2D eigenvalue weighted by molar-refractivity contribution is 0.119. The van der Waals surface area contributed by atoms with Gasteiger partial charge in [-0.05, 0) is 66.3 Å². The van der Waals surface area contributed by atoms with Gasteiger partial charge in [0, 0.05) is 95.2 Å². The van der Waals surface area contributed by atoms with Crippen LogP contribution in [0.25, 0.3) is 21.6 Å². The molecule has 2 aliphatic rings. The maximum atomic E-state index is 11.9. The molecule has 2 fully saturated rings. The van der Waals surface area contributed by atoms with Crippen molar-refractivity contribution in [1.29, 1.82) is 0 Å². The Morgan fingerprint density at radius 1 is 0.540 bits per heavy atom. The number of nitrogens with zero attached hydrogens (tertiary/aromatic N) is 4. The van der Waals surface area contributed by atoms with Crippen molar-refractivity contribution in [1.82, 2.24) is 19.6 Å². The molecule has 8 heteroatoms. The first-order valence-electron chi connectivity index (χ1n) is 17.8. The largest absolute Gasteiger partial charge is 0.507 e. The normalized spacial score (nSPS) is 16.6. The second kappa shape index (κ2) is 16.0. The zero-order valence-electron chi connectivity index (χ0n) is 29.5. The monoisotopic (exact) mass is 720 g/mol. The molecule has 0 saturated carbocycles. The second-order valence-corrected chi connectivity index (χ2v) is 16.9. The van der Waals surface area contributed by atoms with Crippen molar-refractivity contribution < 1.29 is 5.11 Å². The number of aryl methyl sites for hydroxylation is 3. The van der Waals surface area contributed by atoms with Gasteiger partial charge in [0.15, 0.2) is 0 Å². The zero-order valence-corrected chi connectivity index (χ0v) is 32.0. The van der Waals surface area contributed by atoms with Crippen molar-refractivity contribution in [3.63, 3.8) is 0 Å². The van der Waals surface area contributed by atoms with Gasteiger partial charge in [0.2, 0.25) is 0 Å². The molecule has 1 aromatic heterocycles. The third kappa shape index (κ3) is 8.29. The van der Waals surface area contributed by atoms with Gasteiger partial charge in [-0.1, -0.05) is 111 Å². The summed E-state index contributed by atoms with van der Waals surface area (Å²) in [6.07, 6.45) is 0. The minimum atomic E-state index is 0.453. The summed E-state index contributed by atoms with van der Waals surface area (Å²) < 4.78 is 0.930. The lowest BCUT2D eigenvalue weighted by Crippen LogP contribution is -2.45. The first-order chi connectivity index (χ1) is 24.3. The van der Waals surface area contributed by atoms with Gasteiger partial charge in [-0.2, -0.15) is 0 Å². The molecule has 0 bridgehead atoms. The van der Waals surface area contributed by atoms with E-state index in [0.717, 1.165) is 105 Å². The van der Waals surface area contributed by atoms with E-state index < -0.39 is 0 Å². The van der Waals surface area contributed by atoms with Gasteiger partial charge in [0.1, 0.15) is 9.57 Å². The van der Waals surface area contributed by atoms with Crippen molar-refractivity contribution in [3.8, 4) is 27.3 Å². The predicted molar refractivity (Wildman–Crippen MR) is 214 cm³/mol. The second-order valence-electron chi connectivity index (χ2n) is 14.1. The highest BCUT2D eigenvalue weighted by atomic mass is 32.9. The van der Waals surface area contributed by atoms with Gasteiger partial charge in [-0.15, -0.1) is 0 Å². The van der Waals surface area contributed by atoms with E-state index in [1.807, 2.05) is 0 Å². The van der Waals surface area contributed by atoms with Crippen LogP contribution in [-0.4, -0.2) is 77.1 Å². The van der Waals surface area contributed by atoms with Gasteiger partial charge >= 0.3 is 0 Å². The number of aromatic hydroxyl groups is 1. The minimum absolute atomic E-state index is 0.453. The molecule has 260 valence electrons. The average molecular weight is 721 g/mol. The van der Waals surface area contributed by atoms with Crippen LogP contribution < -0.4 is 0 Å². The van der Waals surface area contributed by atoms with Gasteiger partial charge in [-0.3, -0.25) is 19.6 Å². The first kappa shape index (κ1) is 35.2. The molecule has 1 N–H and O–H groups in total. The highest BCUT2D eigenvalue weighted by Crippen LogP contribution is 2.43. The van der Waals surface area contributed by atoms with Crippen LogP contribution in [-0.2, 0) is 26.2 Å². The standard InChI is InChI=1S/C42H48N4OS3/c1-30-12-14-33(15-13-30)39-41(49-50-42(39)48)36-24-37(28-45-20-16-43(17-21-45)26-34-10-6-4-8-31(34)2)40(47)38(25-36)29-46-22-18-44(19-23-46)27-35-11-7-5-9-32(35)3/h4-15,24-25,47H,16-23,26-29H2,1-3H3.